The summed E-state index contributed by atoms with van der Waals surface area (Å²) in [7, 11) is 1.42. The maximum absolute atomic E-state index is 12.3. The number of fused-ring (bicyclic) bond motifs is 1. The number of anilines is 2. The Balaban J connectivity index is 1.83. The molecule has 0 aliphatic heterocycles. The Labute approximate surface area is 156 Å². The minimum Gasteiger partial charge on any atom is -0.465 e. The summed E-state index contributed by atoms with van der Waals surface area (Å²) in [6.07, 6.45) is 5.37. The number of hydrogen-bond acceptors (Lipinski definition) is 5. The number of esters is 1. The van der Waals surface area contributed by atoms with Crippen LogP contribution in [0.3, 0.4) is 0 Å². The largest absolute Gasteiger partial charge is 0.465 e. The van der Waals surface area contributed by atoms with Crippen molar-refractivity contribution < 1.29 is 9.53 Å². The van der Waals surface area contributed by atoms with Crippen LogP contribution in [0.15, 0.2) is 18.2 Å². The molecule has 132 valence electrons. The molecule has 5 nitrogen and oxygen atoms in total. The highest BCUT2D eigenvalue weighted by molar-refractivity contribution is 7.80. The fourth-order valence-corrected chi connectivity index (χ4v) is 4.57. The molecule has 0 spiro atoms. The Kier molecular flexibility index (Phi) is 5.65. The number of thiocarbonyl (C=S) groups is 1. The fourth-order valence-electron chi connectivity index (χ4n) is 3.01. The second kappa shape index (κ2) is 7.93. The van der Waals surface area contributed by atoms with Gasteiger partial charge in [-0.1, -0.05) is 12.5 Å². The van der Waals surface area contributed by atoms with E-state index in [0.29, 0.717) is 16.5 Å². The Morgan fingerprint density at radius 1 is 1.24 bits per heavy atom. The van der Waals surface area contributed by atoms with E-state index in [9.17, 15) is 4.79 Å². The smallest absolute Gasteiger partial charge is 0.341 e. The van der Waals surface area contributed by atoms with E-state index in [1.807, 2.05) is 25.1 Å². The van der Waals surface area contributed by atoms with Crippen LogP contribution in [0.1, 0.15) is 45.8 Å². The first-order valence-electron chi connectivity index (χ1n) is 8.33. The minimum atomic E-state index is -0.307. The third-order valence-corrected chi connectivity index (χ3v) is 5.58. The van der Waals surface area contributed by atoms with Gasteiger partial charge in [-0.3, -0.25) is 0 Å². The molecule has 0 radical (unpaired) electrons. The first-order valence-corrected chi connectivity index (χ1v) is 9.55. The summed E-state index contributed by atoms with van der Waals surface area (Å²) < 4.78 is 5.01. The van der Waals surface area contributed by atoms with E-state index in [0.717, 1.165) is 41.9 Å². The number of aromatic nitrogens is 1. The normalized spacial score (nSPS) is 13.5. The quantitative estimate of drug-likeness (QED) is 0.473. The molecule has 0 aromatic carbocycles. The lowest BCUT2D eigenvalue weighted by Crippen LogP contribution is -2.21. The van der Waals surface area contributed by atoms with Gasteiger partial charge in [0.2, 0.25) is 0 Å². The number of carbonyl (C=O) groups is 1. The lowest BCUT2D eigenvalue weighted by Gasteiger charge is -2.11. The summed E-state index contributed by atoms with van der Waals surface area (Å²) in [6, 6.07) is 5.69. The van der Waals surface area contributed by atoms with Crippen molar-refractivity contribution in [3.63, 3.8) is 0 Å². The number of nitrogens with zero attached hydrogens (tertiary/aromatic N) is 1. The van der Waals surface area contributed by atoms with Crippen molar-refractivity contribution in [3.05, 3.63) is 39.9 Å². The topological polar surface area (TPSA) is 63.2 Å². The van der Waals surface area contributed by atoms with Crippen molar-refractivity contribution in [2.24, 2.45) is 0 Å². The van der Waals surface area contributed by atoms with Gasteiger partial charge in [-0.2, -0.15) is 0 Å². The highest BCUT2D eigenvalue weighted by Gasteiger charge is 2.25. The van der Waals surface area contributed by atoms with Gasteiger partial charge in [0.05, 0.1) is 12.7 Å². The van der Waals surface area contributed by atoms with E-state index in [1.165, 1.54) is 18.4 Å². The summed E-state index contributed by atoms with van der Waals surface area (Å²) in [6.45, 7) is 1.92. The molecule has 1 aliphatic rings. The van der Waals surface area contributed by atoms with Crippen LogP contribution in [0.2, 0.25) is 0 Å². The van der Waals surface area contributed by atoms with Gasteiger partial charge in [-0.05, 0) is 62.5 Å². The van der Waals surface area contributed by atoms with E-state index in [2.05, 4.69) is 15.6 Å². The van der Waals surface area contributed by atoms with Crippen molar-refractivity contribution in [3.8, 4) is 0 Å². The van der Waals surface area contributed by atoms with Crippen molar-refractivity contribution in [1.29, 1.82) is 0 Å². The van der Waals surface area contributed by atoms with Gasteiger partial charge < -0.3 is 15.4 Å². The highest BCUT2D eigenvalue weighted by Crippen LogP contribution is 2.38. The number of pyridine rings is 1. The summed E-state index contributed by atoms with van der Waals surface area (Å²) in [5.74, 6) is 0.369. The molecule has 0 atom stereocenters. The first-order chi connectivity index (χ1) is 12.1. The van der Waals surface area contributed by atoms with Crippen LogP contribution in [0.5, 0.6) is 0 Å². The van der Waals surface area contributed by atoms with Gasteiger partial charge >= 0.3 is 5.97 Å². The number of nitrogens with one attached hydrogen (secondary N) is 2. The Hall–Kier alpha value is -1.99. The van der Waals surface area contributed by atoms with E-state index in [4.69, 9.17) is 17.0 Å². The summed E-state index contributed by atoms with van der Waals surface area (Å²) in [4.78, 5) is 18.0. The molecule has 2 heterocycles. The van der Waals surface area contributed by atoms with Crippen LogP contribution in [0.4, 0.5) is 10.8 Å². The molecule has 7 heteroatoms. The molecule has 0 saturated heterocycles. The van der Waals surface area contributed by atoms with E-state index in [1.54, 1.807) is 11.3 Å². The Morgan fingerprint density at radius 2 is 2.04 bits per heavy atom. The average molecular weight is 376 g/mol. The molecular formula is C18H21N3O2S2. The van der Waals surface area contributed by atoms with Crippen LogP contribution in [0.25, 0.3) is 0 Å². The van der Waals surface area contributed by atoms with Crippen molar-refractivity contribution in [1.82, 2.24) is 4.98 Å². The third kappa shape index (κ3) is 4.16. The summed E-state index contributed by atoms with van der Waals surface area (Å²) in [5, 5.41) is 7.41. The van der Waals surface area contributed by atoms with E-state index in [-0.39, 0.29) is 5.97 Å². The molecule has 3 rings (SSSR count). The summed E-state index contributed by atoms with van der Waals surface area (Å²) in [5.41, 5.74) is 2.66. The van der Waals surface area contributed by atoms with Gasteiger partial charge in [0, 0.05) is 10.6 Å². The number of carbonyl (C=O) groups excluding carboxylic acids is 1. The molecule has 0 bridgehead atoms. The molecule has 2 aromatic heterocycles. The van der Waals surface area contributed by atoms with Gasteiger partial charge in [0.1, 0.15) is 10.8 Å². The zero-order valence-corrected chi connectivity index (χ0v) is 16.0. The number of aryl methyl sites for hydroxylation is 2. The van der Waals surface area contributed by atoms with Crippen molar-refractivity contribution in [2.75, 3.05) is 17.7 Å². The number of hydrogen-bond donors (Lipinski definition) is 2. The molecular weight excluding hydrogens is 354 g/mol. The zero-order valence-electron chi connectivity index (χ0n) is 14.3. The standard InChI is InChI=1S/C18H21N3O2S2/c1-11-7-6-10-14(19-11)20-18(24)21-16-15(17(22)23-2)12-8-4-3-5-9-13(12)25-16/h6-7,10H,3-5,8-9H2,1-2H3,(H2,19,20,21,24). The number of methoxy groups -OCH3 is 1. The average Bonchev–Trinajstić information content (AvgIpc) is 2.75. The predicted octanol–water partition coefficient (Wildman–Crippen LogP) is 4.32. The lowest BCUT2D eigenvalue weighted by atomic mass is 10.1. The van der Waals surface area contributed by atoms with Crippen LogP contribution in [-0.4, -0.2) is 23.2 Å². The van der Waals surface area contributed by atoms with E-state index < -0.39 is 0 Å². The molecule has 0 unspecified atom stereocenters. The highest BCUT2D eigenvalue weighted by atomic mass is 32.1. The van der Waals surface area contributed by atoms with Crippen LogP contribution in [0, 0.1) is 6.92 Å². The van der Waals surface area contributed by atoms with Crippen molar-refractivity contribution in [2.45, 2.75) is 39.0 Å². The molecule has 2 aromatic rings. The molecule has 0 saturated carbocycles. The van der Waals surface area contributed by atoms with Crippen LogP contribution < -0.4 is 10.6 Å². The van der Waals surface area contributed by atoms with Gasteiger partial charge in [0.25, 0.3) is 0 Å². The Bertz CT molecular complexity index is 802. The second-order valence-electron chi connectivity index (χ2n) is 6.00. The van der Waals surface area contributed by atoms with Gasteiger partial charge in [-0.25, -0.2) is 9.78 Å². The van der Waals surface area contributed by atoms with Gasteiger partial charge in [-0.15, -0.1) is 11.3 Å². The monoisotopic (exact) mass is 375 g/mol. The van der Waals surface area contributed by atoms with Crippen LogP contribution in [-0.2, 0) is 17.6 Å². The number of rotatable bonds is 3. The molecule has 0 fully saturated rings. The maximum atomic E-state index is 12.3. The second-order valence-corrected chi connectivity index (χ2v) is 7.52. The van der Waals surface area contributed by atoms with Crippen LogP contribution >= 0.6 is 23.6 Å². The zero-order chi connectivity index (χ0) is 17.8. The predicted molar refractivity (Wildman–Crippen MR) is 106 cm³/mol. The molecule has 25 heavy (non-hydrogen) atoms. The third-order valence-electron chi connectivity index (χ3n) is 4.17. The molecule has 0 amide bonds. The van der Waals surface area contributed by atoms with Crippen molar-refractivity contribution >= 4 is 45.5 Å². The molecule has 2 N–H and O–H groups in total. The van der Waals surface area contributed by atoms with E-state index >= 15 is 0 Å². The minimum absolute atomic E-state index is 0.307. The molecule has 1 aliphatic carbocycles. The van der Waals surface area contributed by atoms with Gasteiger partial charge in [0.15, 0.2) is 5.11 Å². The lowest BCUT2D eigenvalue weighted by molar-refractivity contribution is 0.0601. The first kappa shape index (κ1) is 17.8. The SMILES string of the molecule is COC(=O)c1c(NC(=S)Nc2cccc(C)n2)sc2c1CCCCC2. The maximum Gasteiger partial charge on any atom is 0.341 e. The Morgan fingerprint density at radius 3 is 2.80 bits per heavy atom. The summed E-state index contributed by atoms with van der Waals surface area (Å²) >= 11 is 7.00. The number of ether oxygens (including phenoxy) is 1. The number of thiophene rings is 1. The fraction of sp³-hybridized carbons (Fsp3) is 0.389.